The number of ketones is 1. The summed E-state index contributed by atoms with van der Waals surface area (Å²) in [6.07, 6.45) is 4.09. The Morgan fingerprint density at radius 1 is 0.974 bits per heavy atom. The zero-order chi connectivity index (χ0) is 26.6. The third-order valence-corrected chi connectivity index (χ3v) is 5.55. The minimum absolute atomic E-state index is 0.0639. The van der Waals surface area contributed by atoms with Crippen molar-refractivity contribution in [1.29, 1.82) is 0 Å². The van der Waals surface area contributed by atoms with Crippen LogP contribution < -0.4 is 19.5 Å². The number of ether oxygens (including phenoxy) is 3. The Morgan fingerprint density at radius 3 is 2.53 bits per heavy atom. The summed E-state index contributed by atoms with van der Waals surface area (Å²) in [5.74, 6) is -1.39. The van der Waals surface area contributed by atoms with E-state index in [1.807, 2.05) is 0 Å². The van der Waals surface area contributed by atoms with Crippen LogP contribution in [-0.4, -0.2) is 40.9 Å². The Bertz CT molecular complexity index is 1660. The molecule has 0 aliphatic rings. The SMILES string of the molecule is COc1cc2ncnc(Oc3ccc(C(=O)C(=O)Nc4cccc(-c5cnco5)c4)c(F)c3)c2cc1OC. The molecule has 0 radical (unpaired) electrons. The first-order chi connectivity index (χ1) is 18.5. The number of rotatable bonds is 8. The minimum atomic E-state index is -1.05. The number of methoxy groups -OCH3 is 2. The van der Waals surface area contributed by atoms with Gasteiger partial charge in [-0.05, 0) is 30.3 Å². The molecule has 2 heterocycles. The molecule has 5 aromatic rings. The number of carbonyl (C=O) groups excluding carboxylic acids is 2. The first kappa shape index (κ1) is 24.4. The Morgan fingerprint density at radius 2 is 1.79 bits per heavy atom. The van der Waals surface area contributed by atoms with Crippen molar-refractivity contribution in [1.82, 2.24) is 15.0 Å². The van der Waals surface area contributed by atoms with Gasteiger partial charge in [-0.15, -0.1) is 0 Å². The molecule has 38 heavy (non-hydrogen) atoms. The summed E-state index contributed by atoms with van der Waals surface area (Å²) in [5.41, 5.74) is 1.08. The molecule has 3 aromatic carbocycles. The zero-order valence-corrected chi connectivity index (χ0v) is 20.1. The lowest BCUT2D eigenvalue weighted by Gasteiger charge is -2.12. The molecule has 0 atom stereocenters. The molecule has 190 valence electrons. The summed E-state index contributed by atoms with van der Waals surface area (Å²) < 4.78 is 36.5. The molecule has 0 fully saturated rings. The number of benzene rings is 3. The smallest absolute Gasteiger partial charge is 0.296 e. The van der Waals surface area contributed by atoms with Crippen molar-refractivity contribution < 1.29 is 32.6 Å². The fourth-order valence-electron chi connectivity index (χ4n) is 3.71. The first-order valence-corrected chi connectivity index (χ1v) is 11.2. The fourth-order valence-corrected chi connectivity index (χ4v) is 3.71. The Labute approximate surface area is 215 Å². The quantitative estimate of drug-likeness (QED) is 0.223. The molecule has 2 aromatic heterocycles. The van der Waals surface area contributed by atoms with Gasteiger partial charge >= 0.3 is 0 Å². The zero-order valence-electron chi connectivity index (χ0n) is 20.1. The third kappa shape index (κ3) is 4.85. The van der Waals surface area contributed by atoms with Gasteiger partial charge in [0.2, 0.25) is 5.88 Å². The number of carbonyl (C=O) groups is 2. The third-order valence-electron chi connectivity index (χ3n) is 5.55. The topological polar surface area (TPSA) is 126 Å². The van der Waals surface area contributed by atoms with Crippen LogP contribution in [0.15, 0.2) is 77.9 Å². The van der Waals surface area contributed by atoms with Gasteiger partial charge < -0.3 is 23.9 Å². The number of aromatic nitrogens is 3. The number of amides is 1. The van der Waals surface area contributed by atoms with E-state index in [1.165, 1.54) is 45.3 Å². The standard InChI is InChI=1S/C27H19FN4O6/c1-35-22-10-19-21(11-23(22)36-2)30-13-31-27(19)38-17-6-7-18(20(28)9-17)25(33)26(34)32-16-5-3-4-15(8-16)24-12-29-14-37-24/h3-14H,1-2H3,(H,32,34). The first-order valence-electron chi connectivity index (χ1n) is 11.2. The number of nitrogens with one attached hydrogen (secondary N) is 1. The van der Waals surface area contributed by atoms with Crippen molar-refractivity contribution in [2.24, 2.45) is 0 Å². The van der Waals surface area contributed by atoms with Crippen LogP contribution in [0.25, 0.3) is 22.2 Å². The van der Waals surface area contributed by atoms with Crippen molar-refractivity contribution in [2.75, 3.05) is 19.5 Å². The summed E-state index contributed by atoms with van der Waals surface area (Å²) >= 11 is 0. The normalized spacial score (nSPS) is 10.7. The van der Waals surface area contributed by atoms with E-state index in [1.54, 1.807) is 36.4 Å². The second-order valence-electron chi connectivity index (χ2n) is 7.88. The molecule has 0 aliphatic heterocycles. The van der Waals surface area contributed by atoms with Crippen molar-refractivity contribution >= 4 is 28.3 Å². The lowest BCUT2D eigenvalue weighted by molar-refractivity contribution is -0.112. The monoisotopic (exact) mass is 514 g/mol. The van der Waals surface area contributed by atoms with Gasteiger partial charge in [-0.25, -0.2) is 19.3 Å². The van der Waals surface area contributed by atoms with E-state index in [0.29, 0.717) is 39.4 Å². The predicted octanol–water partition coefficient (Wildman–Crippen LogP) is 5.05. The summed E-state index contributed by atoms with van der Waals surface area (Å²) in [4.78, 5) is 37.4. The van der Waals surface area contributed by atoms with E-state index in [4.69, 9.17) is 18.6 Å². The van der Waals surface area contributed by atoms with E-state index in [9.17, 15) is 14.0 Å². The van der Waals surface area contributed by atoms with E-state index in [-0.39, 0.29) is 11.6 Å². The maximum absolute atomic E-state index is 14.9. The Balaban J connectivity index is 1.34. The molecule has 1 amide bonds. The molecule has 1 N–H and O–H groups in total. The van der Waals surface area contributed by atoms with E-state index >= 15 is 0 Å². The number of hydrogen-bond acceptors (Lipinski definition) is 9. The second-order valence-corrected chi connectivity index (χ2v) is 7.88. The summed E-state index contributed by atoms with van der Waals surface area (Å²) in [7, 11) is 2.99. The highest BCUT2D eigenvalue weighted by molar-refractivity contribution is 6.46. The average Bonchev–Trinajstić information content (AvgIpc) is 3.48. The van der Waals surface area contributed by atoms with Gasteiger partial charge in [-0.3, -0.25) is 9.59 Å². The van der Waals surface area contributed by atoms with Crippen molar-refractivity contribution in [3.05, 3.63) is 84.9 Å². The van der Waals surface area contributed by atoms with Crippen LogP contribution in [0.4, 0.5) is 10.1 Å². The van der Waals surface area contributed by atoms with Crippen molar-refractivity contribution in [2.45, 2.75) is 0 Å². The summed E-state index contributed by atoms with van der Waals surface area (Å²) in [6.45, 7) is 0. The van der Waals surface area contributed by atoms with Gasteiger partial charge in [0.05, 0.1) is 36.9 Å². The number of fused-ring (bicyclic) bond motifs is 1. The summed E-state index contributed by atoms with van der Waals surface area (Å²) in [5, 5.41) is 2.97. The molecular weight excluding hydrogens is 495 g/mol. The van der Waals surface area contributed by atoms with Crippen LogP contribution in [0.1, 0.15) is 10.4 Å². The number of Topliss-reactive ketones (excluding diaryl/α,β-unsaturated/α-hetero) is 1. The highest BCUT2D eigenvalue weighted by Gasteiger charge is 2.22. The highest BCUT2D eigenvalue weighted by Crippen LogP contribution is 2.36. The van der Waals surface area contributed by atoms with Crippen LogP contribution in [0.2, 0.25) is 0 Å². The molecule has 0 spiro atoms. The minimum Gasteiger partial charge on any atom is -0.493 e. The van der Waals surface area contributed by atoms with E-state index < -0.39 is 23.1 Å². The number of hydrogen-bond donors (Lipinski definition) is 1. The number of oxazole rings is 1. The predicted molar refractivity (Wildman–Crippen MR) is 134 cm³/mol. The molecule has 0 aliphatic carbocycles. The lowest BCUT2D eigenvalue weighted by Crippen LogP contribution is -2.23. The maximum Gasteiger partial charge on any atom is 0.296 e. The average molecular weight is 514 g/mol. The molecule has 0 saturated carbocycles. The largest absolute Gasteiger partial charge is 0.493 e. The van der Waals surface area contributed by atoms with Gasteiger partial charge in [0.15, 0.2) is 23.7 Å². The van der Waals surface area contributed by atoms with Crippen LogP contribution in [0.5, 0.6) is 23.1 Å². The second kappa shape index (κ2) is 10.3. The van der Waals surface area contributed by atoms with E-state index in [0.717, 1.165) is 6.07 Å². The molecule has 11 heteroatoms. The molecule has 10 nitrogen and oxygen atoms in total. The van der Waals surface area contributed by atoms with Gasteiger partial charge in [0.25, 0.3) is 11.7 Å². The molecule has 0 bridgehead atoms. The maximum atomic E-state index is 14.9. The van der Waals surface area contributed by atoms with Crippen molar-refractivity contribution in [3.63, 3.8) is 0 Å². The Hall–Kier alpha value is -5.32. The van der Waals surface area contributed by atoms with Crippen LogP contribution in [0.3, 0.4) is 0 Å². The molecule has 0 saturated heterocycles. The summed E-state index contributed by atoms with van der Waals surface area (Å²) in [6, 6.07) is 13.5. The van der Waals surface area contributed by atoms with Gasteiger partial charge in [-0.1, -0.05) is 12.1 Å². The highest BCUT2D eigenvalue weighted by atomic mass is 19.1. The fraction of sp³-hybridized carbons (Fsp3) is 0.0741. The molecular formula is C27H19FN4O6. The Kier molecular flexibility index (Phi) is 6.64. The number of halogens is 1. The van der Waals surface area contributed by atoms with Gasteiger partial charge in [-0.2, -0.15) is 0 Å². The lowest BCUT2D eigenvalue weighted by atomic mass is 10.1. The van der Waals surface area contributed by atoms with E-state index in [2.05, 4.69) is 20.3 Å². The van der Waals surface area contributed by atoms with Gasteiger partial charge in [0.1, 0.15) is 17.9 Å². The van der Waals surface area contributed by atoms with Crippen molar-refractivity contribution in [3.8, 4) is 34.5 Å². The number of nitrogens with zero attached hydrogens (tertiary/aromatic N) is 3. The van der Waals surface area contributed by atoms with Crippen LogP contribution >= 0.6 is 0 Å². The van der Waals surface area contributed by atoms with Crippen LogP contribution in [-0.2, 0) is 4.79 Å². The van der Waals surface area contributed by atoms with Gasteiger partial charge in [0, 0.05) is 23.4 Å². The number of anilines is 1. The van der Waals surface area contributed by atoms with Crippen LogP contribution in [0, 0.1) is 5.82 Å². The molecule has 5 rings (SSSR count). The molecule has 0 unspecified atom stereocenters.